The third-order valence-corrected chi connectivity index (χ3v) is 4.82. The predicted octanol–water partition coefficient (Wildman–Crippen LogP) is 1.95. The molecule has 0 amide bonds. The van der Waals surface area contributed by atoms with Crippen LogP contribution in [0.3, 0.4) is 0 Å². The van der Waals surface area contributed by atoms with Crippen LogP contribution < -0.4 is 20.9 Å². The minimum absolute atomic E-state index is 0.157. The molecule has 3 aromatic carbocycles. The van der Waals surface area contributed by atoms with Gasteiger partial charge in [0.25, 0.3) is 17.1 Å². The summed E-state index contributed by atoms with van der Waals surface area (Å²) in [5, 5.41) is 40.7. The summed E-state index contributed by atoms with van der Waals surface area (Å²) in [7, 11) is 0. The number of nitrogens with zero attached hydrogens (tertiary/aromatic N) is 7. The van der Waals surface area contributed by atoms with Gasteiger partial charge in [0.1, 0.15) is 0 Å². The molecule has 142 valence electrons. The van der Waals surface area contributed by atoms with E-state index < -0.39 is 0 Å². The highest BCUT2D eigenvalue weighted by Crippen LogP contribution is 2.16. The molecule has 0 saturated heterocycles. The summed E-state index contributed by atoms with van der Waals surface area (Å²) < 4.78 is 0. The molecule has 0 aliphatic carbocycles. The van der Waals surface area contributed by atoms with Gasteiger partial charge < -0.3 is 0 Å². The summed E-state index contributed by atoms with van der Waals surface area (Å²) in [5.74, 6) is 0. The number of benzene rings is 3. The Kier molecular flexibility index (Phi) is 5.61. The fourth-order valence-corrected chi connectivity index (χ4v) is 3.46. The van der Waals surface area contributed by atoms with Crippen molar-refractivity contribution in [2.75, 3.05) is 0 Å². The highest BCUT2D eigenvalue weighted by atomic mass is 14.7. The fourth-order valence-electron chi connectivity index (χ4n) is 3.46. The van der Waals surface area contributed by atoms with Crippen LogP contribution in [0, 0.1) is 65.0 Å². The lowest BCUT2D eigenvalue weighted by atomic mass is 9.96. The number of rotatable bonds is 0. The van der Waals surface area contributed by atoms with Crippen LogP contribution in [0.15, 0.2) is 36.4 Å². The quantitative estimate of drug-likeness (QED) is 0.421. The van der Waals surface area contributed by atoms with Gasteiger partial charge in [-0.1, -0.05) is 24.3 Å². The number of hydrogen-bond acceptors (Lipinski definition) is 4. The molecule has 0 fully saturated rings. The molecule has 3 aromatic rings. The van der Waals surface area contributed by atoms with Crippen LogP contribution in [0.2, 0.25) is 0 Å². The zero-order valence-corrected chi connectivity index (χ0v) is 16.2. The highest BCUT2D eigenvalue weighted by molar-refractivity contribution is 6.02. The third kappa shape index (κ3) is 3.23. The lowest BCUT2D eigenvalue weighted by Crippen LogP contribution is -2.18. The smallest absolute Gasteiger partial charge is 0.226 e. The van der Waals surface area contributed by atoms with Crippen molar-refractivity contribution in [1.82, 2.24) is 0 Å². The molecule has 7 heteroatoms. The molecule has 0 aromatic heterocycles. The van der Waals surface area contributed by atoms with Crippen LogP contribution in [-0.2, 0) is 0 Å². The minimum Gasteiger partial charge on any atom is -0.226 e. The summed E-state index contributed by atoms with van der Waals surface area (Å²) in [6.07, 6.45) is 1.31. The molecule has 0 spiro atoms. The lowest BCUT2D eigenvalue weighted by molar-refractivity contribution is 1.51. The van der Waals surface area contributed by atoms with E-state index in [0.717, 1.165) is 0 Å². The second-order valence-corrected chi connectivity index (χ2v) is 6.30. The van der Waals surface area contributed by atoms with E-state index in [9.17, 15) is 21.0 Å². The zero-order chi connectivity index (χ0) is 23.3. The van der Waals surface area contributed by atoms with Gasteiger partial charge in [-0.25, -0.2) is 30.3 Å². The predicted molar refractivity (Wildman–Crippen MR) is 117 cm³/mol. The summed E-state index contributed by atoms with van der Waals surface area (Å²) in [6.45, 7) is 22.0. The first-order chi connectivity index (χ1) is 15.6. The SMILES string of the molecule is [C-]#[N+]/C(C#N)=c1/cc/c(=C(\C#N)[N+]#[C-])c2cc3/c(=C(\C#N)[N+]#[C-])ccc(=CC#N)c3cc12. The van der Waals surface area contributed by atoms with Crippen molar-refractivity contribution in [3.05, 3.63) is 91.5 Å². The molecular weight excluding hydrogens is 398 g/mol. The first-order valence-electron chi connectivity index (χ1n) is 8.79. The molecule has 7 nitrogen and oxygen atoms in total. The van der Waals surface area contributed by atoms with E-state index in [1.165, 1.54) is 18.2 Å². The maximum Gasteiger partial charge on any atom is 0.269 e. The third-order valence-electron chi connectivity index (χ3n) is 4.82. The van der Waals surface area contributed by atoms with Crippen molar-refractivity contribution in [2.24, 2.45) is 0 Å². The van der Waals surface area contributed by atoms with Crippen molar-refractivity contribution < 1.29 is 0 Å². The molecule has 0 N–H and O–H groups in total. The summed E-state index contributed by atoms with van der Waals surface area (Å²) in [4.78, 5) is 9.84. The highest BCUT2D eigenvalue weighted by Gasteiger charge is 2.10. The molecule has 32 heavy (non-hydrogen) atoms. The molecule has 0 saturated carbocycles. The molecule has 0 radical (unpaired) electrons. The Labute approximate surface area is 181 Å². The molecule has 0 atom stereocenters. The van der Waals surface area contributed by atoms with Gasteiger partial charge in [0.15, 0.2) is 0 Å². The standard InChI is InChI=1S/C25H7N7/c1-30-23(12-27)16-5-4-15(8-9-26)19-10-21-17(24(13-28)31-2)6-7-18(25(14-29)32-3)22(21)11-20(16)19/h4-8,10-11H/b15-8?,23-16+,24-17-,25-18-. The van der Waals surface area contributed by atoms with Crippen LogP contribution in [-0.4, -0.2) is 0 Å². The second-order valence-electron chi connectivity index (χ2n) is 6.30. The van der Waals surface area contributed by atoms with Gasteiger partial charge in [-0.2, -0.15) is 5.26 Å². The Morgan fingerprint density at radius 2 is 1.00 bits per heavy atom. The van der Waals surface area contributed by atoms with Crippen LogP contribution in [0.25, 0.3) is 59.2 Å². The molecule has 3 rings (SSSR count). The molecule has 0 unspecified atom stereocenters. The Balaban J connectivity index is 2.94. The average molecular weight is 405 g/mol. The fraction of sp³-hybridized carbons (Fsp3) is 0. The first kappa shape index (κ1) is 20.8. The van der Waals surface area contributed by atoms with Crippen molar-refractivity contribution in [1.29, 1.82) is 21.0 Å². The van der Waals surface area contributed by atoms with Gasteiger partial charge in [0.2, 0.25) is 0 Å². The van der Waals surface area contributed by atoms with Crippen molar-refractivity contribution >= 4 is 44.7 Å². The van der Waals surface area contributed by atoms with E-state index in [2.05, 4.69) is 14.5 Å². The van der Waals surface area contributed by atoms with Gasteiger partial charge in [-0.05, 0) is 54.6 Å². The van der Waals surface area contributed by atoms with Gasteiger partial charge in [0, 0.05) is 6.08 Å². The summed E-state index contributed by atoms with van der Waals surface area (Å²) in [6, 6.07) is 17.0. The van der Waals surface area contributed by atoms with E-state index in [-0.39, 0.29) is 17.1 Å². The minimum atomic E-state index is -0.182. The summed E-state index contributed by atoms with van der Waals surface area (Å²) >= 11 is 0. The van der Waals surface area contributed by atoms with E-state index in [1.807, 2.05) is 24.3 Å². The van der Waals surface area contributed by atoms with Gasteiger partial charge in [-0.15, -0.1) is 0 Å². The molecule has 0 heterocycles. The molecule has 0 aliphatic rings. The van der Waals surface area contributed by atoms with E-state index in [1.54, 1.807) is 24.3 Å². The van der Waals surface area contributed by atoms with E-state index >= 15 is 0 Å². The maximum atomic E-state index is 9.42. The van der Waals surface area contributed by atoms with Gasteiger partial charge in [-0.3, -0.25) is 0 Å². The normalized spacial score (nSPS) is 13.2. The first-order valence-corrected chi connectivity index (χ1v) is 8.79. The van der Waals surface area contributed by atoms with Crippen LogP contribution in [0.1, 0.15) is 0 Å². The number of fused-ring (bicyclic) bond motifs is 2. The Morgan fingerprint density at radius 1 is 0.625 bits per heavy atom. The zero-order valence-electron chi connectivity index (χ0n) is 16.2. The Bertz CT molecular complexity index is 1850. The summed E-state index contributed by atoms with van der Waals surface area (Å²) in [5.41, 5.74) is -0.511. The average Bonchev–Trinajstić information content (AvgIpc) is 2.82. The van der Waals surface area contributed by atoms with Crippen LogP contribution >= 0.6 is 0 Å². The van der Waals surface area contributed by atoms with Crippen LogP contribution in [0.4, 0.5) is 0 Å². The molecule has 0 bridgehead atoms. The molecule has 0 aliphatic heterocycles. The second kappa shape index (κ2) is 8.62. The van der Waals surface area contributed by atoms with E-state index in [4.69, 9.17) is 19.7 Å². The topological polar surface area (TPSA) is 108 Å². The number of nitriles is 4. The largest absolute Gasteiger partial charge is 0.269 e. The lowest BCUT2D eigenvalue weighted by Gasteiger charge is -2.08. The van der Waals surface area contributed by atoms with Crippen molar-refractivity contribution in [3.63, 3.8) is 0 Å². The van der Waals surface area contributed by atoms with Crippen molar-refractivity contribution in [3.8, 4) is 24.3 Å². The maximum absolute atomic E-state index is 9.42. The number of hydrogen-bond donors (Lipinski definition) is 0. The molecular formula is C25H7N7. The van der Waals surface area contributed by atoms with Crippen molar-refractivity contribution in [2.45, 2.75) is 0 Å². The van der Waals surface area contributed by atoms with Crippen LogP contribution in [0.5, 0.6) is 0 Å². The Morgan fingerprint density at radius 3 is 1.38 bits per heavy atom. The van der Waals surface area contributed by atoms with E-state index in [0.29, 0.717) is 42.4 Å². The van der Waals surface area contributed by atoms with Gasteiger partial charge >= 0.3 is 0 Å². The monoisotopic (exact) mass is 405 g/mol. The Hall–Kier alpha value is -5.91. The van der Waals surface area contributed by atoms with Gasteiger partial charge in [0.05, 0.1) is 44.0 Å².